The van der Waals surface area contributed by atoms with Crippen molar-refractivity contribution in [2.45, 2.75) is 38.0 Å². The summed E-state index contributed by atoms with van der Waals surface area (Å²) in [6.07, 6.45) is 2.19. The van der Waals surface area contributed by atoms with Crippen molar-refractivity contribution in [1.82, 2.24) is 10.0 Å². The minimum atomic E-state index is -3.73. The van der Waals surface area contributed by atoms with Gasteiger partial charge in [-0.05, 0) is 31.3 Å². The summed E-state index contributed by atoms with van der Waals surface area (Å²) in [6, 6.07) is 1.23. The largest absolute Gasteiger partial charge is 0.463 e. The summed E-state index contributed by atoms with van der Waals surface area (Å²) in [5, 5.41) is 3.27. The van der Waals surface area contributed by atoms with Crippen LogP contribution in [0, 0.1) is 5.41 Å². The number of nitrogens with one attached hydrogen (secondary N) is 2. The smallest absolute Gasteiger partial charge is 0.373 e. The first-order valence-corrected chi connectivity index (χ1v) is 9.21. The normalized spacial score (nSPS) is 17.1. The summed E-state index contributed by atoms with van der Waals surface area (Å²) >= 11 is 0. The molecular formula is C15H25ClN2O5S. The average Bonchev–Trinajstić information content (AvgIpc) is 2.98. The highest BCUT2D eigenvalue weighted by atomic mass is 35.5. The summed E-state index contributed by atoms with van der Waals surface area (Å²) in [7, 11) is -2.51. The van der Waals surface area contributed by atoms with Crippen LogP contribution < -0.4 is 10.0 Å². The summed E-state index contributed by atoms with van der Waals surface area (Å²) in [5.41, 5.74) is -0.0698. The number of methoxy groups -OCH3 is 1. The molecule has 2 rings (SSSR count). The molecule has 0 atom stereocenters. The van der Waals surface area contributed by atoms with Gasteiger partial charge in [0.15, 0.2) is 0 Å². The molecule has 1 saturated heterocycles. The van der Waals surface area contributed by atoms with Gasteiger partial charge < -0.3 is 14.5 Å². The first kappa shape index (κ1) is 21.0. The zero-order chi connectivity index (χ0) is 17.1. The number of carbonyl (C=O) groups is 1. The molecule has 0 aliphatic carbocycles. The zero-order valence-corrected chi connectivity index (χ0v) is 15.8. The predicted octanol–water partition coefficient (Wildman–Crippen LogP) is 1.72. The van der Waals surface area contributed by atoms with Crippen molar-refractivity contribution in [2.75, 3.05) is 26.7 Å². The van der Waals surface area contributed by atoms with Crippen molar-refractivity contribution in [3.63, 3.8) is 0 Å². The van der Waals surface area contributed by atoms with Crippen molar-refractivity contribution in [2.24, 2.45) is 5.41 Å². The number of halogens is 1. The van der Waals surface area contributed by atoms with Crippen molar-refractivity contribution < 1.29 is 22.4 Å². The number of esters is 1. The molecule has 1 fully saturated rings. The average molecular weight is 381 g/mol. The minimum absolute atomic E-state index is 0. The Labute approximate surface area is 149 Å². The van der Waals surface area contributed by atoms with E-state index in [9.17, 15) is 13.2 Å². The fourth-order valence-corrected chi connectivity index (χ4v) is 4.08. The van der Waals surface area contributed by atoms with Gasteiger partial charge in [-0.3, -0.25) is 0 Å². The molecule has 2 N–H and O–H groups in total. The van der Waals surface area contributed by atoms with Crippen molar-refractivity contribution >= 4 is 28.4 Å². The molecule has 0 bridgehead atoms. The maximum absolute atomic E-state index is 12.6. The molecule has 138 valence electrons. The molecule has 0 saturated carbocycles. The number of ether oxygens (including phenoxy) is 1. The van der Waals surface area contributed by atoms with E-state index in [1.54, 1.807) is 6.92 Å². The molecule has 0 radical (unpaired) electrons. The molecule has 1 aliphatic heterocycles. The third kappa shape index (κ3) is 4.72. The Morgan fingerprint density at radius 3 is 2.58 bits per heavy atom. The van der Waals surface area contributed by atoms with E-state index in [0.29, 0.717) is 13.0 Å². The molecule has 7 nitrogen and oxygen atoms in total. The third-order valence-corrected chi connectivity index (χ3v) is 5.72. The van der Waals surface area contributed by atoms with Gasteiger partial charge in [-0.15, -0.1) is 12.4 Å². The molecule has 1 aromatic heterocycles. The SMILES string of the molecule is CCc1oc(C(=O)OC)cc1S(=O)(=O)NCC1(C)CCNCC1.Cl. The Hall–Kier alpha value is -1.09. The number of hydrogen-bond donors (Lipinski definition) is 2. The van der Waals surface area contributed by atoms with E-state index in [-0.39, 0.29) is 34.2 Å². The lowest BCUT2D eigenvalue weighted by atomic mass is 9.81. The molecule has 0 amide bonds. The quantitative estimate of drug-likeness (QED) is 0.729. The van der Waals surface area contributed by atoms with Crippen LogP contribution >= 0.6 is 12.4 Å². The lowest BCUT2D eigenvalue weighted by molar-refractivity contribution is 0.0563. The number of rotatable bonds is 6. The van der Waals surface area contributed by atoms with E-state index in [1.165, 1.54) is 13.2 Å². The number of sulfonamides is 1. The highest BCUT2D eigenvalue weighted by Crippen LogP contribution is 2.28. The summed E-state index contributed by atoms with van der Waals surface area (Å²) in [4.78, 5) is 11.6. The third-order valence-electron chi connectivity index (χ3n) is 4.27. The lowest BCUT2D eigenvalue weighted by Gasteiger charge is -2.34. The highest BCUT2D eigenvalue weighted by Gasteiger charge is 2.31. The minimum Gasteiger partial charge on any atom is -0.463 e. The molecule has 0 unspecified atom stereocenters. The molecule has 0 aromatic carbocycles. The second-order valence-corrected chi connectivity index (χ2v) is 7.86. The van der Waals surface area contributed by atoms with E-state index in [0.717, 1.165) is 25.9 Å². The monoisotopic (exact) mass is 380 g/mol. The van der Waals surface area contributed by atoms with Gasteiger partial charge in [0.2, 0.25) is 15.8 Å². The van der Waals surface area contributed by atoms with Crippen LogP contribution in [0.25, 0.3) is 0 Å². The van der Waals surface area contributed by atoms with E-state index in [2.05, 4.69) is 21.7 Å². The molecule has 1 aliphatic rings. The predicted molar refractivity (Wildman–Crippen MR) is 92.1 cm³/mol. The number of furan rings is 1. The maximum atomic E-state index is 12.6. The van der Waals surface area contributed by atoms with Gasteiger partial charge >= 0.3 is 5.97 Å². The van der Waals surface area contributed by atoms with Gasteiger partial charge in [0.25, 0.3) is 0 Å². The number of carbonyl (C=O) groups excluding carboxylic acids is 1. The van der Waals surface area contributed by atoms with Gasteiger partial charge in [-0.25, -0.2) is 17.9 Å². The van der Waals surface area contributed by atoms with Crippen LogP contribution in [-0.2, 0) is 21.2 Å². The van der Waals surface area contributed by atoms with Gasteiger partial charge in [0, 0.05) is 19.0 Å². The van der Waals surface area contributed by atoms with Gasteiger partial charge in [0.05, 0.1) is 7.11 Å². The Balaban J connectivity index is 0.00000288. The fraction of sp³-hybridized carbons (Fsp3) is 0.667. The molecule has 0 spiro atoms. The highest BCUT2D eigenvalue weighted by molar-refractivity contribution is 7.89. The Morgan fingerprint density at radius 2 is 2.04 bits per heavy atom. The number of aryl methyl sites for hydroxylation is 1. The molecular weight excluding hydrogens is 356 g/mol. The molecule has 2 heterocycles. The summed E-state index contributed by atoms with van der Waals surface area (Å²) in [5.74, 6) is -0.530. The molecule has 1 aromatic rings. The second kappa shape index (κ2) is 8.33. The Kier molecular flexibility index (Phi) is 7.27. The van der Waals surface area contributed by atoms with Crippen LogP contribution in [0.4, 0.5) is 0 Å². The van der Waals surface area contributed by atoms with Crippen LogP contribution in [0.5, 0.6) is 0 Å². The van der Waals surface area contributed by atoms with Crippen LogP contribution in [0.15, 0.2) is 15.4 Å². The zero-order valence-electron chi connectivity index (χ0n) is 14.2. The topological polar surface area (TPSA) is 97.6 Å². The first-order valence-electron chi connectivity index (χ1n) is 7.73. The maximum Gasteiger partial charge on any atom is 0.373 e. The van der Waals surface area contributed by atoms with E-state index in [4.69, 9.17) is 4.42 Å². The van der Waals surface area contributed by atoms with Crippen molar-refractivity contribution in [3.8, 4) is 0 Å². The van der Waals surface area contributed by atoms with Gasteiger partial charge in [-0.1, -0.05) is 13.8 Å². The number of piperidine rings is 1. The van der Waals surface area contributed by atoms with Crippen LogP contribution in [0.2, 0.25) is 0 Å². The number of hydrogen-bond acceptors (Lipinski definition) is 6. The van der Waals surface area contributed by atoms with E-state index < -0.39 is 16.0 Å². The Bertz CT molecular complexity index is 665. The first-order chi connectivity index (χ1) is 10.8. The van der Waals surface area contributed by atoms with Gasteiger partial charge in [-0.2, -0.15) is 0 Å². The summed E-state index contributed by atoms with van der Waals surface area (Å²) < 4.78 is 37.7. The second-order valence-electron chi connectivity index (χ2n) is 6.13. The van der Waals surface area contributed by atoms with Crippen molar-refractivity contribution in [3.05, 3.63) is 17.6 Å². The van der Waals surface area contributed by atoms with Crippen LogP contribution in [-0.4, -0.2) is 41.1 Å². The standard InChI is InChI=1S/C15H24N2O5S.ClH/c1-4-11-13(9-12(22-11)14(18)21-3)23(19,20)17-10-15(2)5-7-16-8-6-15;/h9,16-17H,4-8,10H2,1-3H3;1H. The molecule has 24 heavy (non-hydrogen) atoms. The van der Waals surface area contributed by atoms with Crippen LogP contribution in [0.3, 0.4) is 0 Å². The van der Waals surface area contributed by atoms with E-state index in [1.807, 2.05) is 0 Å². The van der Waals surface area contributed by atoms with Crippen LogP contribution in [0.1, 0.15) is 43.0 Å². The Morgan fingerprint density at radius 1 is 1.42 bits per heavy atom. The summed E-state index contributed by atoms with van der Waals surface area (Å²) in [6.45, 7) is 5.98. The van der Waals surface area contributed by atoms with E-state index >= 15 is 0 Å². The molecule has 9 heteroatoms. The van der Waals surface area contributed by atoms with Gasteiger partial charge in [0.1, 0.15) is 10.7 Å². The lowest BCUT2D eigenvalue weighted by Crippen LogP contribution is -2.42. The van der Waals surface area contributed by atoms with Crippen molar-refractivity contribution in [1.29, 1.82) is 0 Å². The fourth-order valence-electron chi connectivity index (χ4n) is 2.64.